The van der Waals surface area contributed by atoms with Gasteiger partial charge >= 0.3 is 0 Å². The average Bonchev–Trinajstić information content (AvgIpc) is 2.72. The van der Waals surface area contributed by atoms with E-state index in [2.05, 4.69) is 10.6 Å². The summed E-state index contributed by atoms with van der Waals surface area (Å²) in [6, 6.07) is 0. The minimum atomic E-state index is 0.0396. The van der Waals surface area contributed by atoms with Gasteiger partial charge in [-0.3, -0.25) is 9.59 Å². The average molecular weight is 363 g/mol. The molecule has 0 radical (unpaired) electrons. The molecule has 0 spiro atoms. The lowest BCUT2D eigenvalue weighted by Gasteiger charge is -2.29. The summed E-state index contributed by atoms with van der Waals surface area (Å²) >= 11 is 0. The molecule has 0 heterocycles. The van der Waals surface area contributed by atoms with E-state index in [0.29, 0.717) is 11.8 Å². The van der Waals surface area contributed by atoms with E-state index in [0.717, 1.165) is 38.8 Å². The molecule has 0 aromatic heterocycles. The zero-order valence-corrected chi connectivity index (χ0v) is 16.4. The lowest BCUT2D eigenvalue weighted by Crippen LogP contribution is -2.41. The number of carbonyl (C=O) groups excluding carboxylic acids is 2. The Balaban J connectivity index is 1.38. The van der Waals surface area contributed by atoms with Crippen molar-refractivity contribution in [2.45, 2.75) is 89.9 Å². The molecule has 3 fully saturated rings. The van der Waals surface area contributed by atoms with Crippen LogP contribution in [0.15, 0.2) is 0 Å². The smallest absolute Gasteiger partial charge is 0.223 e. The third kappa shape index (κ3) is 5.99. The van der Waals surface area contributed by atoms with Crippen molar-refractivity contribution >= 4 is 11.8 Å². The molecule has 0 saturated heterocycles. The zero-order chi connectivity index (χ0) is 18.2. The summed E-state index contributed by atoms with van der Waals surface area (Å²) in [5.41, 5.74) is 0. The highest BCUT2D eigenvalue weighted by molar-refractivity contribution is 5.82. The molecule has 3 aliphatic rings. The summed E-state index contributed by atoms with van der Waals surface area (Å²) in [5, 5.41) is 6.39. The lowest BCUT2D eigenvalue weighted by molar-refractivity contribution is -0.130. The van der Waals surface area contributed by atoms with E-state index in [1.54, 1.807) is 0 Å². The maximum absolute atomic E-state index is 12.6. The van der Waals surface area contributed by atoms with E-state index >= 15 is 0 Å². The van der Waals surface area contributed by atoms with Crippen LogP contribution >= 0.6 is 0 Å². The van der Waals surface area contributed by atoms with Crippen molar-refractivity contribution in [3.8, 4) is 0 Å². The monoisotopic (exact) mass is 362 g/mol. The quantitative estimate of drug-likeness (QED) is 0.744. The molecule has 4 heteroatoms. The number of nitrogens with one attached hydrogen (secondary N) is 2. The molecule has 0 aromatic carbocycles. The van der Waals surface area contributed by atoms with Gasteiger partial charge in [-0.2, -0.15) is 0 Å². The molecule has 0 aliphatic heterocycles. The third-order valence-corrected chi connectivity index (χ3v) is 7.00. The second kappa shape index (κ2) is 10.3. The third-order valence-electron chi connectivity index (χ3n) is 7.00. The summed E-state index contributed by atoms with van der Waals surface area (Å²) in [4.78, 5) is 25.1. The molecule has 0 aromatic rings. The summed E-state index contributed by atoms with van der Waals surface area (Å²) < 4.78 is 0. The van der Waals surface area contributed by atoms with Gasteiger partial charge in [0.05, 0.1) is 0 Å². The number of rotatable bonds is 6. The van der Waals surface area contributed by atoms with Crippen molar-refractivity contribution in [2.24, 2.45) is 23.7 Å². The van der Waals surface area contributed by atoms with Gasteiger partial charge in [0.15, 0.2) is 0 Å². The SMILES string of the molecule is O=C(NCC1CCCCC1)C1CCCC(C(=O)NCC2CCCCC2)C1. The van der Waals surface area contributed by atoms with Crippen molar-refractivity contribution in [3.05, 3.63) is 0 Å². The van der Waals surface area contributed by atoms with Crippen molar-refractivity contribution in [3.63, 3.8) is 0 Å². The fourth-order valence-electron chi connectivity index (χ4n) is 5.23. The fourth-order valence-corrected chi connectivity index (χ4v) is 5.23. The van der Waals surface area contributed by atoms with Gasteiger partial charge < -0.3 is 10.6 Å². The van der Waals surface area contributed by atoms with Gasteiger partial charge in [0.2, 0.25) is 11.8 Å². The van der Waals surface area contributed by atoms with Crippen LogP contribution in [-0.2, 0) is 9.59 Å². The minimum absolute atomic E-state index is 0.0396. The molecule has 0 bridgehead atoms. The summed E-state index contributed by atoms with van der Waals surface area (Å²) in [6.45, 7) is 1.68. The lowest BCUT2D eigenvalue weighted by atomic mass is 9.80. The Hall–Kier alpha value is -1.06. The van der Waals surface area contributed by atoms with Crippen molar-refractivity contribution in [2.75, 3.05) is 13.1 Å². The van der Waals surface area contributed by atoms with Gasteiger partial charge in [-0.1, -0.05) is 44.9 Å². The molecule has 2 N–H and O–H groups in total. The molecule has 3 rings (SSSR count). The molecule has 148 valence electrons. The number of hydrogen-bond acceptors (Lipinski definition) is 2. The Kier molecular flexibility index (Phi) is 7.82. The number of hydrogen-bond donors (Lipinski definition) is 2. The molecular formula is C22H38N2O2. The van der Waals surface area contributed by atoms with Crippen molar-refractivity contribution in [1.29, 1.82) is 0 Å². The Bertz CT molecular complexity index is 413. The van der Waals surface area contributed by atoms with E-state index in [1.807, 2.05) is 0 Å². The first-order valence-electron chi connectivity index (χ1n) is 11.3. The first-order chi connectivity index (χ1) is 12.7. The molecule has 2 unspecified atom stereocenters. The highest BCUT2D eigenvalue weighted by atomic mass is 16.2. The van der Waals surface area contributed by atoms with Gasteiger partial charge in [-0.25, -0.2) is 0 Å². The highest BCUT2D eigenvalue weighted by Crippen LogP contribution is 2.30. The molecule has 2 amide bonds. The van der Waals surface area contributed by atoms with E-state index in [1.165, 1.54) is 64.2 Å². The topological polar surface area (TPSA) is 58.2 Å². The van der Waals surface area contributed by atoms with Crippen LogP contribution in [0.1, 0.15) is 89.9 Å². The van der Waals surface area contributed by atoms with Crippen LogP contribution in [0.25, 0.3) is 0 Å². The van der Waals surface area contributed by atoms with Crippen LogP contribution in [-0.4, -0.2) is 24.9 Å². The van der Waals surface area contributed by atoms with Gasteiger partial charge in [0, 0.05) is 24.9 Å². The van der Waals surface area contributed by atoms with E-state index in [4.69, 9.17) is 0 Å². The maximum atomic E-state index is 12.6. The summed E-state index contributed by atoms with van der Waals surface area (Å²) in [5.74, 6) is 1.81. The normalized spacial score (nSPS) is 28.5. The predicted octanol–water partition coefficient (Wildman–Crippen LogP) is 4.19. The van der Waals surface area contributed by atoms with Crippen LogP contribution in [0.2, 0.25) is 0 Å². The van der Waals surface area contributed by atoms with E-state index in [-0.39, 0.29) is 23.7 Å². The molecule has 2 atom stereocenters. The summed E-state index contributed by atoms with van der Waals surface area (Å²) in [7, 11) is 0. The largest absolute Gasteiger partial charge is 0.356 e. The van der Waals surface area contributed by atoms with Crippen molar-refractivity contribution in [1.82, 2.24) is 10.6 Å². The standard InChI is InChI=1S/C22H38N2O2/c25-21(23-15-17-8-3-1-4-9-17)19-12-7-13-20(14-19)22(26)24-16-18-10-5-2-6-11-18/h17-20H,1-16H2,(H,23,25)(H,24,26). The number of amides is 2. The highest BCUT2D eigenvalue weighted by Gasteiger charge is 2.31. The minimum Gasteiger partial charge on any atom is -0.356 e. The first-order valence-corrected chi connectivity index (χ1v) is 11.3. The molecule has 3 saturated carbocycles. The predicted molar refractivity (Wildman–Crippen MR) is 105 cm³/mol. The second-order valence-corrected chi connectivity index (χ2v) is 9.06. The molecule has 3 aliphatic carbocycles. The van der Waals surface area contributed by atoms with Crippen LogP contribution < -0.4 is 10.6 Å². The molecule has 26 heavy (non-hydrogen) atoms. The van der Waals surface area contributed by atoms with Crippen LogP contribution in [0.3, 0.4) is 0 Å². The maximum Gasteiger partial charge on any atom is 0.223 e. The first kappa shape index (κ1) is 19.7. The Morgan fingerprint density at radius 2 is 1.00 bits per heavy atom. The summed E-state index contributed by atoms with van der Waals surface area (Å²) in [6.07, 6.45) is 16.6. The van der Waals surface area contributed by atoms with Crippen LogP contribution in [0.5, 0.6) is 0 Å². The van der Waals surface area contributed by atoms with Gasteiger partial charge in [-0.15, -0.1) is 0 Å². The van der Waals surface area contributed by atoms with E-state index < -0.39 is 0 Å². The Labute approximate surface area is 159 Å². The van der Waals surface area contributed by atoms with Crippen LogP contribution in [0.4, 0.5) is 0 Å². The van der Waals surface area contributed by atoms with Crippen molar-refractivity contribution < 1.29 is 9.59 Å². The van der Waals surface area contributed by atoms with E-state index in [9.17, 15) is 9.59 Å². The fraction of sp³-hybridized carbons (Fsp3) is 0.909. The molecular weight excluding hydrogens is 324 g/mol. The van der Waals surface area contributed by atoms with Crippen LogP contribution in [0, 0.1) is 23.7 Å². The number of carbonyl (C=O) groups is 2. The van der Waals surface area contributed by atoms with Gasteiger partial charge in [0.1, 0.15) is 0 Å². The molecule has 4 nitrogen and oxygen atoms in total. The van der Waals surface area contributed by atoms with Gasteiger partial charge in [-0.05, 0) is 56.8 Å². The Morgan fingerprint density at radius 1 is 0.577 bits per heavy atom. The zero-order valence-electron chi connectivity index (χ0n) is 16.4. The Morgan fingerprint density at radius 3 is 1.42 bits per heavy atom. The second-order valence-electron chi connectivity index (χ2n) is 9.06. The van der Waals surface area contributed by atoms with Gasteiger partial charge in [0.25, 0.3) is 0 Å².